The summed E-state index contributed by atoms with van der Waals surface area (Å²) in [5, 5.41) is 10.8. The van der Waals surface area contributed by atoms with E-state index >= 15 is 0 Å². The molecule has 1 N–H and O–H groups in total. The molecule has 0 unspecified atom stereocenters. The highest BCUT2D eigenvalue weighted by Crippen LogP contribution is 2.20. The number of hydrogen-bond donors (Lipinski definition) is 1. The van der Waals surface area contributed by atoms with Crippen LogP contribution in [0.5, 0.6) is 0 Å². The number of benzene rings is 2. The fourth-order valence-corrected chi connectivity index (χ4v) is 2.29. The lowest BCUT2D eigenvalue weighted by Gasteiger charge is -2.07. The molecule has 0 fully saturated rings. The Morgan fingerprint density at radius 2 is 2.14 bits per heavy atom. The summed E-state index contributed by atoms with van der Waals surface area (Å²) < 4.78 is 15.4. The Morgan fingerprint density at radius 3 is 2.86 bits per heavy atom. The molecule has 0 aliphatic rings. The SMILES string of the molecule is CCn1nnc2cc(C(=O)Nc3ccc(Cl)cc3F)ccc21. The van der Waals surface area contributed by atoms with Gasteiger partial charge in [0.05, 0.1) is 11.2 Å². The van der Waals surface area contributed by atoms with Gasteiger partial charge in [-0.15, -0.1) is 5.10 Å². The third-order valence-corrected chi connectivity index (χ3v) is 3.49. The highest BCUT2D eigenvalue weighted by Gasteiger charge is 2.12. The number of amides is 1. The predicted octanol–water partition coefficient (Wildman–Crippen LogP) is 3.50. The molecule has 112 valence electrons. The number of carbonyl (C=O) groups is 1. The lowest BCUT2D eigenvalue weighted by molar-refractivity contribution is 0.102. The van der Waals surface area contributed by atoms with E-state index in [2.05, 4.69) is 15.6 Å². The van der Waals surface area contributed by atoms with Crippen molar-refractivity contribution in [1.82, 2.24) is 15.0 Å². The molecule has 1 amide bonds. The molecular weight excluding hydrogens is 307 g/mol. The van der Waals surface area contributed by atoms with E-state index in [1.165, 1.54) is 12.1 Å². The van der Waals surface area contributed by atoms with Crippen molar-refractivity contribution in [2.75, 3.05) is 5.32 Å². The van der Waals surface area contributed by atoms with Crippen LogP contribution in [0.4, 0.5) is 10.1 Å². The summed E-state index contributed by atoms with van der Waals surface area (Å²) in [7, 11) is 0. The minimum absolute atomic E-state index is 0.0757. The molecule has 5 nitrogen and oxygen atoms in total. The van der Waals surface area contributed by atoms with Crippen molar-refractivity contribution in [1.29, 1.82) is 0 Å². The molecule has 0 atom stereocenters. The number of aryl methyl sites for hydroxylation is 1. The van der Waals surface area contributed by atoms with Crippen LogP contribution < -0.4 is 5.32 Å². The molecule has 0 aliphatic carbocycles. The molecular formula is C15H12ClFN4O. The van der Waals surface area contributed by atoms with Crippen molar-refractivity contribution < 1.29 is 9.18 Å². The van der Waals surface area contributed by atoms with E-state index in [4.69, 9.17) is 11.6 Å². The highest BCUT2D eigenvalue weighted by atomic mass is 35.5. The average Bonchev–Trinajstić information content (AvgIpc) is 2.92. The fourth-order valence-electron chi connectivity index (χ4n) is 2.13. The maximum absolute atomic E-state index is 13.7. The van der Waals surface area contributed by atoms with Gasteiger partial charge in [-0.1, -0.05) is 16.8 Å². The zero-order valence-electron chi connectivity index (χ0n) is 11.7. The van der Waals surface area contributed by atoms with Crippen molar-refractivity contribution in [3.63, 3.8) is 0 Å². The van der Waals surface area contributed by atoms with E-state index in [0.29, 0.717) is 17.6 Å². The first kappa shape index (κ1) is 14.5. The number of carbonyl (C=O) groups excluding carboxylic acids is 1. The van der Waals surface area contributed by atoms with Crippen LogP contribution in [-0.4, -0.2) is 20.9 Å². The Morgan fingerprint density at radius 1 is 1.32 bits per heavy atom. The molecule has 7 heteroatoms. The summed E-state index contributed by atoms with van der Waals surface area (Å²) in [6.07, 6.45) is 0. The third-order valence-electron chi connectivity index (χ3n) is 3.25. The van der Waals surface area contributed by atoms with E-state index < -0.39 is 11.7 Å². The van der Waals surface area contributed by atoms with Gasteiger partial charge >= 0.3 is 0 Å². The van der Waals surface area contributed by atoms with Gasteiger partial charge in [-0.2, -0.15) is 0 Å². The quantitative estimate of drug-likeness (QED) is 0.804. The Balaban J connectivity index is 1.88. The lowest BCUT2D eigenvalue weighted by atomic mass is 10.1. The number of aromatic nitrogens is 3. The van der Waals surface area contributed by atoms with Crippen LogP contribution >= 0.6 is 11.6 Å². The van der Waals surface area contributed by atoms with Gasteiger partial charge in [-0.05, 0) is 43.3 Å². The molecule has 22 heavy (non-hydrogen) atoms. The van der Waals surface area contributed by atoms with Gasteiger partial charge in [-0.3, -0.25) is 4.79 Å². The third kappa shape index (κ3) is 2.65. The maximum Gasteiger partial charge on any atom is 0.255 e. The molecule has 0 spiro atoms. The summed E-state index contributed by atoms with van der Waals surface area (Å²) in [4.78, 5) is 12.2. The molecule has 0 aliphatic heterocycles. The van der Waals surface area contributed by atoms with Crippen molar-refractivity contribution in [3.8, 4) is 0 Å². The molecule has 0 radical (unpaired) electrons. The first-order valence-electron chi connectivity index (χ1n) is 6.68. The van der Waals surface area contributed by atoms with Gasteiger partial charge in [-0.25, -0.2) is 9.07 Å². The van der Waals surface area contributed by atoms with Crippen LogP contribution in [0.2, 0.25) is 5.02 Å². The summed E-state index contributed by atoms with van der Waals surface area (Å²) in [5.41, 5.74) is 1.92. The van der Waals surface area contributed by atoms with E-state index in [-0.39, 0.29) is 10.7 Å². The summed E-state index contributed by atoms with van der Waals surface area (Å²) in [5.74, 6) is -1.01. The second kappa shape index (κ2) is 5.73. The molecule has 1 aromatic heterocycles. The number of nitrogens with one attached hydrogen (secondary N) is 1. The van der Waals surface area contributed by atoms with Gasteiger partial charge in [0.2, 0.25) is 0 Å². The number of hydrogen-bond acceptors (Lipinski definition) is 3. The van der Waals surface area contributed by atoms with Crippen LogP contribution in [0.15, 0.2) is 36.4 Å². The fraction of sp³-hybridized carbons (Fsp3) is 0.133. The Hall–Kier alpha value is -2.47. The van der Waals surface area contributed by atoms with Gasteiger partial charge in [0.15, 0.2) is 0 Å². The molecule has 3 rings (SSSR count). The first-order valence-corrected chi connectivity index (χ1v) is 7.06. The van der Waals surface area contributed by atoms with E-state index in [0.717, 1.165) is 11.6 Å². The van der Waals surface area contributed by atoms with Gasteiger partial charge in [0.25, 0.3) is 5.91 Å². The molecule has 3 aromatic rings. The monoisotopic (exact) mass is 318 g/mol. The lowest BCUT2D eigenvalue weighted by Crippen LogP contribution is -2.13. The van der Waals surface area contributed by atoms with Crippen molar-refractivity contribution in [3.05, 3.63) is 52.8 Å². The Kier molecular flexibility index (Phi) is 3.77. The minimum atomic E-state index is -0.584. The average molecular weight is 319 g/mol. The van der Waals surface area contributed by atoms with Crippen LogP contribution in [0.3, 0.4) is 0 Å². The summed E-state index contributed by atoms with van der Waals surface area (Å²) in [6.45, 7) is 2.65. The number of nitrogens with zero attached hydrogens (tertiary/aromatic N) is 3. The number of fused-ring (bicyclic) bond motifs is 1. The molecule has 1 heterocycles. The smallest absolute Gasteiger partial charge is 0.255 e. The van der Waals surface area contributed by atoms with Gasteiger partial charge in [0, 0.05) is 17.1 Å². The van der Waals surface area contributed by atoms with Gasteiger partial charge < -0.3 is 5.32 Å². The molecule has 0 saturated carbocycles. The first-order chi connectivity index (χ1) is 10.6. The zero-order valence-corrected chi connectivity index (χ0v) is 12.4. The normalized spacial score (nSPS) is 10.9. The number of anilines is 1. The van der Waals surface area contributed by atoms with Crippen molar-refractivity contribution in [2.45, 2.75) is 13.5 Å². The summed E-state index contributed by atoms with van der Waals surface area (Å²) >= 11 is 5.68. The van der Waals surface area contributed by atoms with Crippen molar-refractivity contribution >= 4 is 34.2 Å². The number of halogens is 2. The second-order valence-electron chi connectivity index (χ2n) is 4.69. The van der Waals surface area contributed by atoms with Crippen LogP contribution in [-0.2, 0) is 6.54 Å². The Bertz CT molecular complexity index is 862. The topological polar surface area (TPSA) is 59.8 Å². The van der Waals surface area contributed by atoms with Crippen molar-refractivity contribution in [2.24, 2.45) is 0 Å². The predicted molar refractivity (Wildman–Crippen MR) is 82.6 cm³/mol. The zero-order chi connectivity index (χ0) is 15.7. The van der Waals surface area contributed by atoms with Crippen LogP contribution in [0.25, 0.3) is 11.0 Å². The molecule has 0 saturated heterocycles. The maximum atomic E-state index is 13.7. The molecule has 0 bridgehead atoms. The molecule has 2 aromatic carbocycles. The van der Waals surface area contributed by atoms with Crippen LogP contribution in [0, 0.1) is 5.82 Å². The van der Waals surface area contributed by atoms with Gasteiger partial charge in [0.1, 0.15) is 11.3 Å². The largest absolute Gasteiger partial charge is 0.319 e. The van der Waals surface area contributed by atoms with Crippen LogP contribution in [0.1, 0.15) is 17.3 Å². The Labute approximate surface area is 130 Å². The number of rotatable bonds is 3. The summed E-state index contributed by atoms with van der Waals surface area (Å²) in [6, 6.07) is 9.12. The second-order valence-corrected chi connectivity index (χ2v) is 5.12. The standard InChI is InChI=1S/C15H12ClFN4O/c1-2-21-14-6-3-9(7-13(14)19-20-21)15(22)18-12-5-4-10(16)8-11(12)17/h3-8H,2H2,1H3,(H,18,22). The van der Waals surface area contributed by atoms with E-state index in [1.54, 1.807) is 22.9 Å². The highest BCUT2D eigenvalue weighted by molar-refractivity contribution is 6.30. The van der Waals surface area contributed by atoms with E-state index in [1.807, 2.05) is 6.92 Å². The van der Waals surface area contributed by atoms with E-state index in [9.17, 15) is 9.18 Å². The minimum Gasteiger partial charge on any atom is -0.319 e.